The van der Waals surface area contributed by atoms with Gasteiger partial charge in [0.1, 0.15) is 0 Å². The standard InChI is InChI=1S/C51H31BN2/c1-3-18-35(19-4-1)51(36-20-5-2-6-21-36)41-25-11-12-28-44(41)53-46-31-34-17-9-10-22-37(34)47-39-24-13-23-38-40-29-32-15-7-8-16-33(32)30-45(40)54(49(38)39)52(48(46)47)43-27-14-26-42(51)50(43)53/h1-31H. The number of nitrogens with zero attached hydrogens (tertiary/aromatic N) is 2. The minimum atomic E-state index is -0.533. The fraction of sp³-hybridized carbons (Fsp3) is 0.0196. The Kier molecular flexibility index (Phi) is 5.42. The Labute approximate surface area is 313 Å². The average Bonchev–Trinajstić information content (AvgIpc) is 3.56. The first-order valence-electron chi connectivity index (χ1n) is 19.0. The molecule has 0 N–H and O–H groups in total. The van der Waals surface area contributed by atoms with Gasteiger partial charge in [0, 0.05) is 38.7 Å². The Morgan fingerprint density at radius 1 is 0.444 bits per heavy atom. The minimum absolute atomic E-state index is 0.0311. The van der Waals surface area contributed by atoms with Gasteiger partial charge in [-0.1, -0.05) is 164 Å². The van der Waals surface area contributed by atoms with Gasteiger partial charge in [-0.15, -0.1) is 0 Å². The highest BCUT2D eigenvalue weighted by atomic mass is 15.2. The first kappa shape index (κ1) is 28.7. The molecule has 2 nitrogen and oxygen atoms in total. The first-order chi connectivity index (χ1) is 26.8. The SMILES string of the molecule is c1ccc(C2(c3ccccc3)c3ccccc3N3c4cc5ccccc5c5c4B(c4cccc2c43)n2c3cc4ccccc4cc3c3cccc-5c32)cc1. The van der Waals surface area contributed by atoms with E-state index in [2.05, 4.69) is 197 Å². The maximum Gasteiger partial charge on any atom is 0.333 e. The quantitative estimate of drug-likeness (QED) is 0.165. The van der Waals surface area contributed by atoms with E-state index >= 15 is 0 Å². The van der Waals surface area contributed by atoms with E-state index in [4.69, 9.17) is 0 Å². The number of hydrogen-bond acceptors (Lipinski definition) is 1. The molecule has 0 saturated carbocycles. The number of benzene rings is 9. The largest absolute Gasteiger partial charge is 0.375 e. The summed E-state index contributed by atoms with van der Waals surface area (Å²) in [7, 11) is 0. The number of fused-ring (bicyclic) bond motifs is 12. The zero-order valence-electron chi connectivity index (χ0n) is 29.4. The zero-order chi connectivity index (χ0) is 35.1. The summed E-state index contributed by atoms with van der Waals surface area (Å²) < 4.78 is 2.70. The Morgan fingerprint density at radius 3 is 1.87 bits per heavy atom. The van der Waals surface area contributed by atoms with Crippen molar-refractivity contribution in [3.63, 3.8) is 0 Å². The summed E-state index contributed by atoms with van der Waals surface area (Å²) >= 11 is 0. The third-order valence-corrected chi connectivity index (χ3v) is 12.8. The maximum atomic E-state index is 2.70. The lowest BCUT2D eigenvalue weighted by Gasteiger charge is -2.50. The van der Waals surface area contributed by atoms with Crippen molar-refractivity contribution in [2.45, 2.75) is 5.41 Å². The van der Waals surface area contributed by atoms with Gasteiger partial charge in [-0.2, -0.15) is 0 Å². The molecule has 0 amide bonds. The second kappa shape index (κ2) is 10.2. The van der Waals surface area contributed by atoms with E-state index in [-0.39, 0.29) is 6.85 Å². The van der Waals surface area contributed by atoms with Crippen LogP contribution in [0.3, 0.4) is 0 Å². The fourth-order valence-corrected chi connectivity index (χ4v) is 10.8. The molecule has 3 heteroatoms. The van der Waals surface area contributed by atoms with Crippen LogP contribution in [-0.2, 0) is 5.41 Å². The number of rotatable bonds is 2. The van der Waals surface area contributed by atoms with E-state index in [0.717, 1.165) is 0 Å². The average molecular weight is 683 g/mol. The topological polar surface area (TPSA) is 8.17 Å². The molecule has 0 fully saturated rings. The lowest BCUT2D eigenvalue weighted by Crippen LogP contribution is -2.58. The van der Waals surface area contributed by atoms with E-state index in [1.807, 2.05) is 0 Å². The summed E-state index contributed by atoms with van der Waals surface area (Å²) in [6.45, 7) is -0.0311. The molecule has 4 heterocycles. The van der Waals surface area contributed by atoms with Crippen LogP contribution in [0.4, 0.5) is 17.1 Å². The monoisotopic (exact) mass is 682 g/mol. The molecule has 3 aliphatic heterocycles. The number of hydrogen-bond donors (Lipinski definition) is 0. The lowest BCUT2D eigenvalue weighted by atomic mass is 9.43. The zero-order valence-corrected chi connectivity index (χ0v) is 29.4. The van der Waals surface area contributed by atoms with Crippen molar-refractivity contribution in [2.75, 3.05) is 4.90 Å². The van der Waals surface area contributed by atoms with Crippen LogP contribution in [0.25, 0.3) is 54.5 Å². The molecule has 13 rings (SSSR count). The Morgan fingerprint density at radius 2 is 1.07 bits per heavy atom. The Bertz CT molecular complexity index is 3190. The van der Waals surface area contributed by atoms with Gasteiger partial charge in [-0.25, -0.2) is 0 Å². The van der Waals surface area contributed by atoms with Gasteiger partial charge in [-0.3, -0.25) is 0 Å². The van der Waals surface area contributed by atoms with Gasteiger partial charge in [0.15, 0.2) is 0 Å². The van der Waals surface area contributed by atoms with Crippen LogP contribution in [0.5, 0.6) is 0 Å². The van der Waals surface area contributed by atoms with Crippen molar-refractivity contribution in [2.24, 2.45) is 0 Å². The lowest BCUT2D eigenvalue weighted by molar-refractivity contribution is 0.732. The maximum absolute atomic E-state index is 2.70. The van der Waals surface area contributed by atoms with Gasteiger partial charge >= 0.3 is 6.85 Å². The molecule has 1 aromatic heterocycles. The van der Waals surface area contributed by atoms with Crippen molar-refractivity contribution in [3.05, 3.63) is 210 Å². The van der Waals surface area contributed by atoms with Crippen molar-refractivity contribution in [3.8, 4) is 11.1 Å². The van der Waals surface area contributed by atoms with E-state index in [1.165, 1.54) is 105 Å². The Balaban J connectivity index is 1.26. The summed E-state index contributed by atoms with van der Waals surface area (Å²) in [5, 5.41) is 7.74. The summed E-state index contributed by atoms with van der Waals surface area (Å²) in [5.74, 6) is 0. The molecule has 0 saturated heterocycles. The molecule has 54 heavy (non-hydrogen) atoms. The predicted molar refractivity (Wildman–Crippen MR) is 227 cm³/mol. The van der Waals surface area contributed by atoms with E-state index in [1.54, 1.807) is 0 Å². The molecule has 3 aliphatic rings. The smallest absolute Gasteiger partial charge is 0.333 e. The van der Waals surface area contributed by atoms with E-state index in [9.17, 15) is 0 Å². The van der Waals surface area contributed by atoms with Crippen molar-refractivity contribution >= 4 is 78.2 Å². The molecule has 248 valence electrons. The van der Waals surface area contributed by atoms with Crippen LogP contribution in [0, 0.1) is 0 Å². The highest BCUT2D eigenvalue weighted by molar-refractivity contribution is 6.90. The Hall–Kier alpha value is -6.84. The molecule has 0 atom stereocenters. The van der Waals surface area contributed by atoms with Gasteiger partial charge in [0.05, 0.1) is 11.1 Å². The first-order valence-corrected chi connectivity index (χ1v) is 19.0. The van der Waals surface area contributed by atoms with E-state index in [0.29, 0.717) is 0 Å². The van der Waals surface area contributed by atoms with Crippen molar-refractivity contribution < 1.29 is 0 Å². The second-order valence-electron chi connectivity index (χ2n) is 15.2. The molecule has 9 aromatic carbocycles. The van der Waals surface area contributed by atoms with Crippen LogP contribution < -0.4 is 15.8 Å². The van der Waals surface area contributed by atoms with Crippen LogP contribution in [0.1, 0.15) is 22.3 Å². The third-order valence-electron chi connectivity index (χ3n) is 12.8. The highest BCUT2D eigenvalue weighted by Crippen LogP contribution is 2.59. The van der Waals surface area contributed by atoms with Crippen LogP contribution in [0.2, 0.25) is 0 Å². The number of anilines is 3. The number of aromatic nitrogens is 1. The molecule has 0 radical (unpaired) electrons. The summed E-state index contributed by atoms with van der Waals surface area (Å²) in [6.07, 6.45) is 0. The second-order valence-corrected chi connectivity index (χ2v) is 15.2. The third kappa shape index (κ3) is 3.35. The van der Waals surface area contributed by atoms with E-state index < -0.39 is 5.41 Å². The molecule has 0 unspecified atom stereocenters. The normalized spacial score (nSPS) is 14.4. The molecular weight excluding hydrogens is 651 g/mol. The molecule has 0 bridgehead atoms. The van der Waals surface area contributed by atoms with Gasteiger partial charge in [0.25, 0.3) is 0 Å². The van der Waals surface area contributed by atoms with Crippen LogP contribution in [0.15, 0.2) is 188 Å². The van der Waals surface area contributed by atoms with Gasteiger partial charge in [-0.05, 0) is 84.6 Å². The van der Waals surface area contributed by atoms with Crippen molar-refractivity contribution in [1.82, 2.24) is 4.48 Å². The van der Waals surface area contributed by atoms with Crippen molar-refractivity contribution in [1.29, 1.82) is 0 Å². The fourth-order valence-electron chi connectivity index (χ4n) is 10.8. The van der Waals surface area contributed by atoms with Crippen LogP contribution in [-0.4, -0.2) is 11.3 Å². The molecule has 0 spiro atoms. The summed E-state index contributed by atoms with van der Waals surface area (Å²) in [5.41, 5.74) is 16.4. The predicted octanol–water partition coefficient (Wildman–Crippen LogP) is 11.2. The molecular formula is C51H31BN2. The number of para-hydroxylation sites is 3. The van der Waals surface area contributed by atoms with Gasteiger partial charge < -0.3 is 9.38 Å². The summed E-state index contributed by atoms with van der Waals surface area (Å²) in [4.78, 5) is 2.62. The minimum Gasteiger partial charge on any atom is -0.375 e. The van der Waals surface area contributed by atoms with Gasteiger partial charge in [0.2, 0.25) is 0 Å². The molecule has 10 aromatic rings. The summed E-state index contributed by atoms with van der Waals surface area (Å²) in [6, 6.07) is 70.8. The highest BCUT2D eigenvalue weighted by Gasteiger charge is 2.52. The molecule has 0 aliphatic carbocycles. The van der Waals surface area contributed by atoms with Crippen LogP contribution >= 0.6 is 0 Å².